The Labute approximate surface area is 132 Å². The zero-order chi connectivity index (χ0) is 15.2. The Bertz CT molecular complexity index is 626. The van der Waals surface area contributed by atoms with E-state index in [1.54, 1.807) is 23.1 Å². The van der Waals surface area contributed by atoms with Gasteiger partial charge in [-0.15, -0.1) is 0 Å². The summed E-state index contributed by atoms with van der Waals surface area (Å²) in [6.45, 7) is 3.24. The summed E-state index contributed by atoms with van der Waals surface area (Å²) in [5.41, 5.74) is 1.63. The number of aryl methyl sites for hydroxylation is 1. The Hall–Kier alpha value is -1.89. The molecule has 2 aromatic rings. The summed E-state index contributed by atoms with van der Waals surface area (Å²) in [6.07, 6.45) is 6.16. The first-order chi connectivity index (χ1) is 10.1. The largest absolute Gasteiger partial charge is 0.370 e. The Morgan fingerprint density at radius 3 is 2.90 bits per heavy atom. The van der Waals surface area contributed by atoms with E-state index in [0.29, 0.717) is 24.5 Å². The number of aromatic nitrogens is 3. The highest BCUT2D eigenvalue weighted by atomic mass is 79.9. The summed E-state index contributed by atoms with van der Waals surface area (Å²) in [5.74, 6) is 0.461. The lowest BCUT2D eigenvalue weighted by Crippen LogP contribution is -2.27. The van der Waals surface area contributed by atoms with Crippen molar-refractivity contribution in [3.8, 4) is 0 Å². The molecule has 2 rings (SSSR count). The summed E-state index contributed by atoms with van der Waals surface area (Å²) >= 11 is 3.34. The smallest absolute Gasteiger partial charge is 0.255 e. The van der Waals surface area contributed by atoms with Crippen LogP contribution in [0.3, 0.4) is 0 Å². The first kappa shape index (κ1) is 15.5. The van der Waals surface area contributed by atoms with E-state index < -0.39 is 0 Å². The van der Waals surface area contributed by atoms with Crippen molar-refractivity contribution in [3.05, 3.63) is 40.3 Å². The third kappa shape index (κ3) is 4.29. The maximum atomic E-state index is 12.3. The Morgan fingerprint density at radius 1 is 1.43 bits per heavy atom. The molecule has 0 saturated carbocycles. The third-order valence-electron chi connectivity index (χ3n) is 2.90. The first-order valence-electron chi connectivity index (χ1n) is 6.75. The topological polar surface area (TPSA) is 71.8 Å². The molecule has 0 spiro atoms. The van der Waals surface area contributed by atoms with Crippen molar-refractivity contribution in [3.63, 3.8) is 0 Å². The van der Waals surface area contributed by atoms with Crippen molar-refractivity contribution in [1.29, 1.82) is 0 Å². The lowest BCUT2D eigenvalue weighted by molar-refractivity contribution is 0.0954. The SMILES string of the molecule is CCNc1ncc(Br)cc1C(=O)NCCc1cnn(C)c1. The number of pyridine rings is 1. The Kier molecular flexibility index (Phi) is 5.32. The summed E-state index contributed by atoms with van der Waals surface area (Å²) in [7, 11) is 1.87. The van der Waals surface area contributed by atoms with Gasteiger partial charge in [-0.25, -0.2) is 4.98 Å². The molecule has 0 aromatic carbocycles. The van der Waals surface area contributed by atoms with E-state index in [0.717, 1.165) is 16.5 Å². The van der Waals surface area contributed by atoms with E-state index in [4.69, 9.17) is 0 Å². The average Bonchev–Trinajstić information content (AvgIpc) is 2.86. The molecule has 6 nitrogen and oxygen atoms in total. The van der Waals surface area contributed by atoms with Crippen LogP contribution < -0.4 is 10.6 Å². The fraction of sp³-hybridized carbons (Fsp3) is 0.357. The van der Waals surface area contributed by atoms with Crippen LogP contribution in [0, 0.1) is 0 Å². The van der Waals surface area contributed by atoms with Crippen LogP contribution in [0.5, 0.6) is 0 Å². The van der Waals surface area contributed by atoms with Crippen LogP contribution in [0.1, 0.15) is 22.8 Å². The van der Waals surface area contributed by atoms with Crippen LogP contribution in [0.4, 0.5) is 5.82 Å². The van der Waals surface area contributed by atoms with Crippen LogP contribution in [0.2, 0.25) is 0 Å². The summed E-state index contributed by atoms with van der Waals surface area (Å²) in [5, 5.41) is 10.1. The maximum Gasteiger partial charge on any atom is 0.255 e. The van der Waals surface area contributed by atoms with Crippen LogP contribution >= 0.6 is 15.9 Å². The lowest BCUT2D eigenvalue weighted by atomic mass is 10.2. The molecule has 0 atom stereocenters. The standard InChI is InChI=1S/C14H18BrN5O/c1-3-16-13-12(6-11(15)8-18-13)14(21)17-5-4-10-7-19-20(2)9-10/h6-9H,3-5H2,1-2H3,(H,16,18)(H,17,21). The predicted octanol–water partition coefficient (Wildman–Crippen LogP) is 1.98. The molecule has 1 amide bonds. The highest BCUT2D eigenvalue weighted by Crippen LogP contribution is 2.17. The third-order valence-corrected chi connectivity index (χ3v) is 3.33. The van der Waals surface area contributed by atoms with Crippen molar-refractivity contribution < 1.29 is 4.79 Å². The van der Waals surface area contributed by atoms with E-state index in [-0.39, 0.29) is 5.91 Å². The fourth-order valence-electron chi connectivity index (χ4n) is 1.94. The molecule has 0 aliphatic rings. The van der Waals surface area contributed by atoms with Crippen molar-refractivity contribution >= 4 is 27.7 Å². The molecule has 2 heterocycles. The first-order valence-corrected chi connectivity index (χ1v) is 7.54. The van der Waals surface area contributed by atoms with Gasteiger partial charge < -0.3 is 10.6 Å². The number of hydrogen-bond donors (Lipinski definition) is 2. The summed E-state index contributed by atoms with van der Waals surface area (Å²) < 4.78 is 2.53. The van der Waals surface area contributed by atoms with Crippen molar-refractivity contribution in [1.82, 2.24) is 20.1 Å². The molecule has 112 valence electrons. The summed E-state index contributed by atoms with van der Waals surface area (Å²) in [4.78, 5) is 16.5. The van der Waals surface area contributed by atoms with Gasteiger partial charge in [-0.1, -0.05) is 0 Å². The molecule has 7 heteroatoms. The highest BCUT2D eigenvalue weighted by molar-refractivity contribution is 9.10. The van der Waals surface area contributed by atoms with Gasteiger partial charge in [-0.05, 0) is 40.9 Å². The molecule has 0 bridgehead atoms. The predicted molar refractivity (Wildman–Crippen MR) is 85.3 cm³/mol. The van der Waals surface area contributed by atoms with E-state index in [1.165, 1.54) is 0 Å². The van der Waals surface area contributed by atoms with Gasteiger partial charge in [-0.3, -0.25) is 9.48 Å². The molecule has 2 aromatic heterocycles. The average molecular weight is 352 g/mol. The van der Waals surface area contributed by atoms with E-state index >= 15 is 0 Å². The molecular weight excluding hydrogens is 334 g/mol. The molecule has 0 radical (unpaired) electrons. The van der Waals surface area contributed by atoms with Crippen LogP contribution in [-0.2, 0) is 13.5 Å². The minimum Gasteiger partial charge on any atom is -0.370 e. The van der Waals surface area contributed by atoms with E-state index in [2.05, 4.69) is 36.6 Å². The molecule has 0 aliphatic carbocycles. The van der Waals surface area contributed by atoms with Gasteiger partial charge >= 0.3 is 0 Å². The van der Waals surface area contributed by atoms with Crippen LogP contribution in [0.25, 0.3) is 0 Å². The second-order valence-corrected chi connectivity index (χ2v) is 5.52. The highest BCUT2D eigenvalue weighted by Gasteiger charge is 2.12. The lowest BCUT2D eigenvalue weighted by Gasteiger charge is -2.10. The van der Waals surface area contributed by atoms with Crippen LogP contribution in [0.15, 0.2) is 29.1 Å². The molecular formula is C14H18BrN5O. The number of nitrogens with one attached hydrogen (secondary N) is 2. The van der Waals surface area contributed by atoms with Crippen LogP contribution in [-0.4, -0.2) is 33.8 Å². The van der Waals surface area contributed by atoms with Gasteiger partial charge in [0.05, 0.1) is 11.8 Å². The number of amides is 1. The van der Waals surface area contributed by atoms with Gasteiger partial charge in [0.1, 0.15) is 5.82 Å². The minimum absolute atomic E-state index is 0.136. The molecule has 0 aliphatic heterocycles. The molecule has 2 N–H and O–H groups in total. The van der Waals surface area contributed by atoms with Gasteiger partial charge in [0.15, 0.2) is 0 Å². The van der Waals surface area contributed by atoms with Gasteiger partial charge in [0, 0.05) is 37.0 Å². The Balaban J connectivity index is 1.97. The zero-order valence-corrected chi connectivity index (χ0v) is 13.6. The number of carbonyl (C=O) groups excluding carboxylic acids is 1. The molecule has 0 saturated heterocycles. The molecule has 0 fully saturated rings. The molecule has 0 unspecified atom stereocenters. The number of halogens is 1. The number of anilines is 1. The van der Waals surface area contributed by atoms with Gasteiger partial charge in [-0.2, -0.15) is 5.10 Å². The normalized spacial score (nSPS) is 10.4. The van der Waals surface area contributed by atoms with E-state index in [1.807, 2.05) is 20.2 Å². The number of hydrogen-bond acceptors (Lipinski definition) is 4. The van der Waals surface area contributed by atoms with Gasteiger partial charge in [0.25, 0.3) is 5.91 Å². The van der Waals surface area contributed by atoms with Crippen molar-refractivity contribution in [2.24, 2.45) is 7.05 Å². The fourth-order valence-corrected chi connectivity index (χ4v) is 2.27. The minimum atomic E-state index is -0.136. The van der Waals surface area contributed by atoms with E-state index in [9.17, 15) is 4.79 Å². The quantitative estimate of drug-likeness (QED) is 0.834. The second-order valence-electron chi connectivity index (χ2n) is 4.61. The van der Waals surface area contributed by atoms with Gasteiger partial charge in [0.2, 0.25) is 0 Å². The number of rotatable bonds is 6. The van der Waals surface area contributed by atoms with Crippen molar-refractivity contribution in [2.45, 2.75) is 13.3 Å². The number of nitrogens with zero attached hydrogens (tertiary/aromatic N) is 3. The Morgan fingerprint density at radius 2 is 2.24 bits per heavy atom. The second kappa shape index (κ2) is 7.21. The monoisotopic (exact) mass is 351 g/mol. The number of carbonyl (C=O) groups is 1. The van der Waals surface area contributed by atoms with Crippen molar-refractivity contribution in [2.75, 3.05) is 18.4 Å². The maximum absolute atomic E-state index is 12.3. The zero-order valence-electron chi connectivity index (χ0n) is 12.1. The molecule has 21 heavy (non-hydrogen) atoms. The summed E-state index contributed by atoms with van der Waals surface area (Å²) in [6, 6.07) is 1.77.